The standard InChI is InChI=1S/C11H21N/c1-10-3-2-7-12(9-10)8-6-11-4-5-11/h10-11H,2-9H2,1H3. The van der Waals surface area contributed by atoms with E-state index in [1.54, 1.807) is 0 Å². The summed E-state index contributed by atoms with van der Waals surface area (Å²) in [6.45, 7) is 6.52. The smallest absolute Gasteiger partial charge is 0.000703 e. The van der Waals surface area contributed by atoms with Gasteiger partial charge in [-0.3, -0.25) is 0 Å². The van der Waals surface area contributed by atoms with Crippen LogP contribution in [0.15, 0.2) is 0 Å². The number of hydrogen-bond acceptors (Lipinski definition) is 1. The van der Waals surface area contributed by atoms with Gasteiger partial charge >= 0.3 is 0 Å². The van der Waals surface area contributed by atoms with Gasteiger partial charge in [-0.15, -0.1) is 0 Å². The fourth-order valence-electron chi connectivity index (χ4n) is 2.26. The van der Waals surface area contributed by atoms with Crippen molar-refractivity contribution in [1.82, 2.24) is 4.90 Å². The van der Waals surface area contributed by atoms with Crippen molar-refractivity contribution in [2.24, 2.45) is 11.8 Å². The molecule has 0 bridgehead atoms. The summed E-state index contributed by atoms with van der Waals surface area (Å²) in [6.07, 6.45) is 7.41. The number of rotatable bonds is 3. The van der Waals surface area contributed by atoms with Crippen LogP contribution >= 0.6 is 0 Å². The molecule has 1 saturated carbocycles. The molecule has 12 heavy (non-hydrogen) atoms. The summed E-state index contributed by atoms with van der Waals surface area (Å²) in [5.41, 5.74) is 0. The lowest BCUT2D eigenvalue weighted by Crippen LogP contribution is -2.35. The van der Waals surface area contributed by atoms with E-state index < -0.39 is 0 Å². The Bertz CT molecular complexity index is 140. The van der Waals surface area contributed by atoms with Gasteiger partial charge < -0.3 is 4.90 Å². The van der Waals surface area contributed by atoms with Gasteiger partial charge in [0.15, 0.2) is 0 Å². The molecular formula is C11H21N. The van der Waals surface area contributed by atoms with Gasteiger partial charge in [-0.2, -0.15) is 0 Å². The zero-order valence-corrected chi connectivity index (χ0v) is 8.26. The highest BCUT2D eigenvalue weighted by molar-refractivity contribution is 4.76. The van der Waals surface area contributed by atoms with Crippen LogP contribution in [0.25, 0.3) is 0 Å². The van der Waals surface area contributed by atoms with Crippen molar-refractivity contribution in [2.45, 2.75) is 39.0 Å². The zero-order valence-electron chi connectivity index (χ0n) is 8.26. The van der Waals surface area contributed by atoms with Crippen molar-refractivity contribution < 1.29 is 0 Å². The molecule has 0 spiro atoms. The number of nitrogens with zero attached hydrogens (tertiary/aromatic N) is 1. The van der Waals surface area contributed by atoms with Gasteiger partial charge in [-0.05, 0) is 44.2 Å². The number of hydrogen-bond donors (Lipinski definition) is 0. The largest absolute Gasteiger partial charge is 0.303 e. The fourth-order valence-corrected chi connectivity index (χ4v) is 2.26. The van der Waals surface area contributed by atoms with Crippen LogP contribution in [-0.2, 0) is 0 Å². The Morgan fingerprint density at radius 3 is 2.75 bits per heavy atom. The molecule has 1 aliphatic carbocycles. The molecule has 0 aromatic heterocycles. The predicted molar refractivity (Wildman–Crippen MR) is 52.2 cm³/mol. The maximum atomic E-state index is 2.67. The van der Waals surface area contributed by atoms with E-state index in [9.17, 15) is 0 Å². The molecule has 0 N–H and O–H groups in total. The zero-order chi connectivity index (χ0) is 8.39. The predicted octanol–water partition coefficient (Wildman–Crippen LogP) is 2.52. The molecule has 1 heterocycles. The Hall–Kier alpha value is -0.0400. The molecule has 1 aliphatic heterocycles. The molecule has 1 nitrogen and oxygen atoms in total. The Morgan fingerprint density at radius 1 is 1.25 bits per heavy atom. The number of likely N-dealkylation sites (tertiary alicyclic amines) is 1. The van der Waals surface area contributed by atoms with Gasteiger partial charge in [0.2, 0.25) is 0 Å². The molecule has 0 aromatic rings. The first-order valence-electron chi connectivity index (χ1n) is 5.57. The molecule has 2 aliphatic rings. The third kappa shape index (κ3) is 2.48. The lowest BCUT2D eigenvalue weighted by atomic mass is 10.00. The minimum absolute atomic E-state index is 0.956. The van der Waals surface area contributed by atoms with Crippen molar-refractivity contribution in [3.05, 3.63) is 0 Å². The van der Waals surface area contributed by atoms with E-state index in [0.717, 1.165) is 11.8 Å². The average Bonchev–Trinajstić information content (AvgIpc) is 2.84. The highest BCUT2D eigenvalue weighted by Gasteiger charge is 2.23. The van der Waals surface area contributed by atoms with Crippen molar-refractivity contribution in [3.63, 3.8) is 0 Å². The second kappa shape index (κ2) is 3.78. The van der Waals surface area contributed by atoms with Crippen molar-refractivity contribution in [3.8, 4) is 0 Å². The summed E-state index contributed by atoms with van der Waals surface area (Å²) in [4.78, 5) is 2.67. The normalized spacial score (nSPS) is 32.2. The fraction of sp³-hybridized carbons (Fsp3) is 1.00. The van der Waals surface area contributed by atoms with Crippen molar-refractivity contribution in [2.75, 3.05) is 19.6 Å². The van der Waals surface area contributed by atoms with Crippen molar-refractivity contribution in [1.29, 1.82) is 0 Å². The highest BCUT2D eigenvalue weighted by Crippen LogP contribution is 2.32. The summed E-state index contributed by atoms with van der Waals surface area (Å²) < 4.78 is 0. The average molecular weight is 167 g/mol. The Morgan fingerprint density at radius 2 is 2.08 bits per heavy atom. The van der Waals surface area contributed by atoms with Crippen LogP contribution in [0.2, 0.25) is 0 Å². The van der Waals surface area contributed by atoms with Gasteiger partial charge in [0.25, 0.3) is 0 Å². The van der Waals surface area contributed by atoms with E-state index in [-0.39, 0.29) is 0 Å². The maximum Gasteiger partial charge on any atom is 0.000703 e. The topological polar surface area (TPSA) is 3.24 Å². The van der Waals surface area contributed by atoms with E-state index in [2.05, 4.69) is 11.8 Å². The maximum absolute atomic E-state index is 2.67. The van der Waals surface area contributed by atoms with Crippen LogP contribution in [-0.4, -0.2) is 24.5 Å². The molecule has 0 radical (unpaired) electrons. The molecular weight excluding hydrogens is 146 g/mol. The Labute approximate surface area is 76.1 Å². The quantitative estimate of drug-likeness (QED) is 0.624. The summed E-state index contributed by atoms with van der Waals surface area (Å²) >= 11 is 0. The molecule has 1 heteroatoms. The highest BCUT2D eigenvalue weighted by atomic mass is 15.1. The minimum atomic E-state index is 0.956. The molecule has 2 fully saturated rings. The van der Waals surface area contributed by atoms with E-state index in [1.807, 2.05) is 0 Å². The second-order valence-corrected chi connectivity index (χ2v) is 4.78. The van der Waals surface area contributed by atoms with Crippen LogP contribution < -0.4 is 0 Å². The number of piperidine rings is 1. The molecule has 0 amide bonds. The van der Waals surface area contributed by atoms with Crippen LogP contribution in [0, 0.1) is 11.8 Å². The van der Waals surface area contributed by atoms with Crippen LogP contribution in [0.1, 0.15) is 39.0 Å². The first kappa shape index (κ1) is 8.55. The first-order valence-corrected chi connectivity index (χ1v) is 5.57. The molecule has 70 valence electrons. The summed E-state index contributed by atoms with van der Waals surface area (Å²) in [5, 5.41) is 0. The minimum Gasteiger partial charge on any atom is -0.303 e. The van der Waals surface area contributed by atoms with Crippen LogP contribution in [0.5, 0.6) is 0 Å². The summed E-state index contributed by atoms with van der Waals surface area (Å²) in [6, 6.07) is 0. The second-order valence-electron chi connectivity index (χ2n) is 4.78. The Balaban J connectivity index is 1.64. The molecule has 0 aromatic carbocycles. The van der Waals surface area contributed by atoms with E-state index >= 15 is 0 Å². The Kier molecular flexibility index (Phi) is 2.69. The van der Waals surface area contributed by atoms with E-state index in [0.29, 0.717) is 0 Å². The van der Waals surface area contributed by atoms with Crippen LogP contribution in [0.4, 0.5) is 0 Å². The van der Waals surface area contributed by atoms with E-state index in [4.69, 9.17) is 0 Å². The summed E-state index contributed by atoms with van der Waals surface area (Å²) in [5.74, 6) is 2.07. The van der Waals surface area contributed by atoms with Crippen molar-refractivity contribution >= 4 is 0 Å². The molecule has 1 atom stereocenters. The van der Waals surface area contributed by atoms with Gasteiger partial charge in [0, 0.05) is 6.54 Å². The lowest BCUT2D eigenvalue weighted by Gasteiger charge is -2.30. The van der Waals surface area contributed by atoms with E-state index in [1.165, 1.54) is 51.7 Å². The van der Waals surface area contributed by atoms with Crippen LogP contribution in [0.3, 0.4) is 0 Å². The molecule has 1 saturated heterocycles. The first-order chi connectivity index (χ1) is 5.84. The lowest BCUT2D eigenvalue weighted by molar-refractivity contribution is 0.179. The third-order valence-electron chi connectivity index (χ3n) is 3.29. The van der Waals surface area contributed by atoms with Gasteiger partial charge in [-0.25, -0.2) is 0 Å². The summed E-state index contributed by atoms with van der Waals surface area (Å²) in [7, 11) is 0. The monoisotopic (exact) mass is 167 g/mol. The van der Waals surface area contributed by atoms with Gasteiger partial charge in [-0.1, -0.05) is 19.8 Å². The third-order valence-corrected chi connectivity index (χ3v) is 3.29. The van der Waals surface area contributed by atoms with Gasteiger partial charge in [0.05, 0.1) is 0 Å². The molecule has 1 unspecified atom stereocenters. The van der Waals surface area contributed by atoms with Gasteiger partial charge in [0.1, 0.15) is 0 Å². The molecule has 2 rings (SSSR count). The SMILES string of the molecule is CC1CCCN(CCC2CC2)C1.